The minimum atomic E-state index is -0.388. The first kappa shape index (κ1) is 18.7. The van der Waals surface area contributed by atoms with Crippen molar-refractivity contribution in [1.82, 2.24) is 10.3 Å². The van der Waals surface area contributed by atoms with Crippen molar-refractivity contribution in [2.75, 3.05) is 24.3 Å². The molecule has 1 fully saturated rings. The molecule has 0 spiro atoms. The van der Waals surface area contributed by atoms with Gasteiger partial charge < -0.3 is 20.5 Å². The molecule has 0 radical (unpaired) electrons. The number of urea groups is 1. The average Bonchev–Trinajstić information content (AvgIpc) is 3.15. The van der Waals surface area contributed by atoms with Crippen molar-refractivity contribution in [1.29, 1.82) is 5.41 Å². The maximum Gasteiger partial charge on any atom is 0.320 e. The van der Waals surface area contributed by atoms with Crippen molar-refractivity contribution in [2.45, 2.75) is 25.5 Å². The molecular formula is C19H23N5O3. The van der Waals surface area contributed by atoms with E-state index in [1.54, 1.807) is 0 Å². The number of pyridine rings is 1. The Morgan fingerprint density at radius 3 is 2.85 bits per heavy atom. The van der Waals surface area contributed by atoms with Crippen molar-refractivity contribution >= 4 is 23.4 Å². The summed E-state index contributed by atoms with van der Waals surface area (Å²) < 4.78 is 10.8. The van der Waals surface area contributed by atoms with Gasteiger partial charge in [0.25, 0.3) is 0 Å². The van der Waals surface area contributed by atoms with Crippen LogP contribution >= 0.6 is 0 Å². The normalized spacial score (nSPS) is 17.1. The number of hydrogen-bond donors (Lipinski definition) is 4. The zero-order chi connectivity index (χ0) is 19.2. The van der Waals surface area contributed by atoms with E-state index in [2.05, 4.69) is 15.6 Å². The van der Waals surface area contributed by atoms with E-state index in [-0.39, 0.29) is 24.1 Å². The van der Waals surface area contributed by atoms with E-state index in [4.69, 9.17) is 20.6 Å². The number of aromatic nitrogens is 1. The molecule has 1 aliphatic heterocycles. The van der Waals surface area contributed by atoms with Crippen LogP contribution in [0.15, 0.2) is 42.6 Å². The Bertz CT molecular complexity index is 806. The molecule has 0 aliphatic carbocycles. The molecule has 1 unspecified atom stereocenters. The van der Waals surface area contributed by atoms with Crippen molar-refractivity contribution in [3.05, 3.63) is 53.7 Å². The largest absolute Gasteiger partial charge is 0.472 e. The number of anilines is 2. The van der Waals surface area contributed by atoms with E-state index in [9.17, 15) is 4.79 Å². The topological polar surface area (TPSA) is 122 Å². The van der Waals surface area contributed by atoms with Crippen LogP contribution in [0.3, 0.4) is 0 Å². The third kappa shape index (κ3) is 4.95. The van der Waals surface area contributed by atoms with Gasteiger partial charge in [0.2, 0.25) is 5.90 Å². The third-order valence-electron chi connectivity index (χ3n) is 4.24. The standard InChI is InChI=1S/C19H23N5O3/c1-12(13-5-3-2-4-6-13)23-19(25)24-17-9-16(20)15(10-22-17)18(21)27-14-7-8-26-11-14/h2-6,9-10,12,14,21H,7-8,11H2,1H3,(H4,20,22,23,24,25)/t12-,14?/m1/s1. The maximum atomic E-state index is 12.2. The van der Waals surface area contributed by atoms with Gasteiger partial charge in [-0.3, -0.25) is 10.7 Å². The van der Waals surface area contributed by atoms with E-state index >= 15 is 0 Å². The van der Waals surface area contributed by atoms with Crippen LogP contribution in [0.25, 0.3) is 0 Å². The second-order valence-corrected chi connectivity index (χ2v) is 6.32. The zero-order valence-corrected chi connectivity index (χ0v) is 15.1. The van der Waals surface area contributed by atoms with Gasteiger partial charge in [0.05, 0.1) is 24.8 Å². The Morgan fingerprint density at radius 1 is 1.41 bits per heavy atom. The first-order chi connectivity index (χ1) is 13.0. The molecule has 5 N–H and O–H groups in total. The van der Waals surface area contributed by atoms with Crippen LogP contribution in [-0.4, -0.2) is 36.2 Å². The Morgan fingerprint density at radius 2 is 2.19 bits per heavy atom. The summed E-state index contributed by atoms with van der Waals surface area (Å²) in [6.07, 6.45) is 2.03. The van der Waals surface area contributed by atoms with E-state index in [1.165, 1.54) is 12.3 Å². The fourth-order valence-electron chi connectivity index (χ4n) is 2.74. The minimum absolute atomic E-state index is 0.0517. The summed E-state index contributed by atoms with van der Waals surface area (Å²) in [5, 5.41) is 13.5. The van der Waals surface area contributed by atoms with Crippen LogP contribution < -0.4 is 16.4 Å². The summed E-state index contributed by atoms with van der Waals surface area (Å²) in [6.45, 7) is 2.99. The highest BCUT2D eigenvalue weighted by molar-refractivity contribution is 5.98. The number of rotatable bonds is 5. The lowest BCUT2D eigenvalue weighted by Crippen LogP contribution is -2.31. The van der Waals surface area contributed by atoms with Gasteiger partial charge >= 0.3 is 6.03 Å². The third-order valence-corrected chi connectivity index (χ3v) is 4.24. The SMILES string of the molecule is C[C@@H](NC(=O)Nc1cc(N)c(C(=N)OC2CCOC2)cn1)c1ccccc1. The minimum Gasteiger partial charge on any atom is -0.472 e. The van der Waals surface area contributed by atoms with E-state index < -0.39 is 0 Å². The van der Waals surface area contributed by atoms with Crippen LogP contribution in [0.2, 0.25) is 0 Å². The summed E-state index contributed by atoms with van der Waals surface area (Å²) in [5.41, 5.74) is 7.68. The molecule has 8 nitrogen and oxygen atoms in total. The molecule has 1 saturated heterocycles. The maximum absolute atomic E-state index is 12.2. The Kier molecular flexibility index (Phi) is 5.87. The number of ether oxygens (including phenoxy) is 2. The number of nitrogen functional groups attached to an aromatic ring is 1. The number of carbonyl (C=O) groups excluding carboxylic acids is 1. The van der Waals surface area contributed by atoms with Gasteiger partial charge in [-0.25, -0.2) is 9.78 Å². The molecular weight excluding hydrogens is 346 g/mol. The number of carbonyl (C=O) groups is 1. The number of nitrogens with two attached hydrogens (primary N) is 1. The molecule has 2 aromatic rings. The molecule has 0 saturated carbocycles. The predicted molar refractivity (Wildman–Crippen MR) is 103 cm³/mol. The second kappa shape index (κ2) is 8.50. The summed E-state index contributed by atoms with van der Waals surface area (Å²) in [5.74, 6) is 0.246. The van der Waals surface area contributed by atoms with Gasteiger partial charge in [-0.15, -0.1) is 0 Å². The average molecular weight is 369 g/mol. The molecule has 142 valence electrons. The number of nitrogens with one attached hydrogen (secondary N) is 3. The lowest BCUT2D eigenvalue weighted by atomic mass is 10.1. The van der Waals surface area contributed by atoms with Crippen LogP contribution in [-0.2, 0) is 9.47 Å². The van der Waals surface area contributed by atoms with E-state index in [0.29, 0.717) is 30.3 Å². The molecule has 27 heavy (non-hydrogen) atoms. The van der Waals surface area contributed by atoms with Gasteiger partial charge in [-0.05, 0) is 12.5 Å². The lowest BCUT2D eigenvalue weighted by Gasteiger charge is -2.16. The quantitative estimate of drug-likeness (QED) is 0.477. The summed E-state index contributed by atoms with van der Waals surface area (Å²) in [6, 6.07) is 10.6. The van der Waals surface area contributed by atoms with Gasteiger partial charge in [0.15, 0.2) is 0 Å². The van der Waals surface area contributed by atoms with Gasteiger partial charge in [-0.2, -0.15) is 0 Å². The number of benzene rings is 1. The molecule has 1 aliphatic rings. The van der Waals surface area contributed by atoms with Crippen LogP contribution in [0.5, 0.6) is 0 Å². The molecule has 2 amide bonds. The fraction of sp³-hybridized carbons (Fsp3) is 0.316. The second-order valence-electron chi connectivity index (χ2n) is 6.32. The van der Waals surface area contributed by atoms with Gasteiger partial charge in [0.1, 0.15) is 11.9 Å². The van der Waals surface area contributed by atoms with Crippen molar-refractivity contribution in [3.8, 4) is 0 Å². The molecule has 0 bridgehead atoms. The highest BCUT2D eigenvalue weighted by Crippen LogP contribution is 2.19. The Labute approximate surface area is 157 Å². The lowest BCUT2D eigenvalue weighted by molar-refractivity contribution is 0.134. The first-order valence-electron chi connectivity index (χ1n) is 8.74. The molecule has 1 aromatic carbocycles. The fourth-order valence-corrected chi connectivity index (χ4v) is 2.74. The number of amides is 2. The molecule has 2 atom stereocenters. The van der Waals surface area contributed by atoms with Crippen LogP contribution in [0, 0.1) is 5.41 Å². The summed E-state index contributed by atoms with van der Waals surface area (Å²) in [7, 11) is 0. The highest BCUT2D eigenvalue weighted by atomic mass is 16.5. The number of hydrogen-bond acceptors (Lipinski definition) is 6. The first-order valence-corrected chi connectivity index (χ1v) is 8.74. The number of nitrogens with zero attached hydrogens (tertiary/aromatic N) is 1. The van der Waals surface area contributed by atoms with Gasteiger partial charge in [-0.1, -0.05) is 30.3 Å². The van der Waals surface area contributed by atoms with Gasteiger partial charge in [0, 0.05) is 24.4 Å². The monoisotopic (exact) mass is 369 g/mol. The molecule has 3 rings (SSSR count). The van der Waals surface area contributed by atoms with Crippen molar-refractivity contribution < 1.29 is 14.3 Å². The highest BCUT2D eigenvalue weighted by Gasteiger charge is 2.20. The van der Waals surface area contributed by atoms with Crippen LogP contribution in [0.4, 0.5) is 16.3 Å². The smallest absolute Gasteiger partial charge is 0.320 e. The molecule has 2 heterocycles. The Balaban J connectivity index is 1.58. The zero-order valence-electron chi connectivity index (χ0n) is 15.1. The molecule has 1 aromatic heterocycles. The van der Waals surface area contributed by atoms with E-state index in [1.807, 2.05) is 37.3 Å². The van der Waals surface area contributed by atoms with Crippen molar-refractivity contribution in [2.24, 2.45) is 0 Å². The van der Waals surface area contributed by atoms with E-state index in [0.717, 1.165) is 12.0 Å². The molecule has 8 heteroatoms. The van der Waals surface area contributed by atoms with Crippen molar-refractivity contribution in [3.63, 3.8) is 0 Å². The summed E-state index contributed by atoms with van der Waals surface area (Å²) in [4.78, 5) is 16.3. The predicted octanol–water partition coefficient (Wildman–Crippen LogP) is 2.68. The van der Waals surface area contributed by atoms with Crippen LogP contribution in [0.1, 0.15) is 30.5 Å². The Hall–Kier alpha value is -3.13. The summed E-state index contributed by atoms with van der Waals surface area (Å²) >= 11 is 0.